The Morgan fingerprint density at radius 3 is 2.73 bits per heavy atom. The maximum absolute atomic E-state index is 8.73. The highest BCUT2D eigenvalue weighted by Crippen LogP contribution is 2.31. The topological polar surface area (TPSA) is 27.0 Å². The summed E-state index contributed by atoms with van der Waals surface area (Å²) < 4.78 is 0. The van der Waals surface area contributed by atoms with Crippen molar-refractivity contribution in [3.63, 3.8) is 0 Å². The van der Waals surface area contributed by atoms with E-state index in [0.29, 0.717) is 6.04 Å². The molecule has 2 heteroatoms. The first-order chi connectivity index (χ1) is 7.35. The molecule has 0 bridgehead atoms. The van der Waals surface area contributed by atoms with E-state index in [9.17, 15) is 0 Å². The van der Waals surface area contributed by atoms with E-state index in [1.165, 1.54) is 24.9 Å². The van der Waals surface area contributed by atoms with E-state index in [0.717, 1.165) is 12.1 Å². The number of nitrogens with zero attached hydrogens (tertiary/aromatic N) is 2. The summed E-state index contributed by atoms with van der Waals surface area (Å²) in [5.74, 6) is 0. The number of nitriles is 1. The van der Waals surface area contributed by atoms with Crippen LogP contribution in [-0.2, 0) is 0 Å². The molecule has 0 spiro atoms. The van der Waals surface area contributed by atoms with Gasteiger partial charge in [0.25, 0.3) is 0 Å². The Labute approximate surface area is 91.1 Å². The Kier molecular flexibility index (Phi) is 3.03. The normalized spacial score (nSPS) is 21.5. The minimum Gasteiger partial charge on any atom is -0.297 e. The van der Waals surface area contributed by atoms with Gasteiger partial charge in [0, 0.05) is 6.04 Å². The van der Waals surface area contributed by atoms with Gasteiger partial charge in [-0.25, -0.2) is 0 Å². The molecule has 0 aliphatic carbocycles. The number of rotatable bonds is 2. The van der Waals surface area contributed by atoms with E-state index >= 15 is 0 Å². The first kappa shape index (κ1) is 10.2. The highest BCUT2D eigenvalue weighted by Gasteiger charge is 2.23. The molecule has 1 fully saturated rings. The predicted octanol–water partition coefficient (Wildman–Crippen LogP) is 2.72. The van der Waals surface area contributed by atoms with Gasteiger partial charge in [0.15, 0.2) is 0 Å². The third kappa shape index (κ3) is 2.03. The molecule has 1 saturated heterocycles. The lowest BCUT2D eigenvalue weighted by Crippen LogP contribution is -2.22. The highest BCUT2D eigenvalue weighted by atomic mass is 15.2. The molecule has 1 unspecified atom stereocenters. The zero-order valence-electron chi connectivity index (χ0n) is 9.11. The SMILES string of the molecule is CCN1CCCC1c1ccc(C#N)cc1. The van der Waals surface area contributed by atoms with Crippen molar-refractivity contribution in [3.8, 4) is 6.07 Å². The fourth-order valence-corrected chi connectivity index (χ4v) is 2.36. The predicted molar refractivity (Wildman–Crippen MR) is 60.4 cm³/mol. The molecule has 0 N–H and O–H groups in total. The van der Waals surface area contributed by atoms with E-state index < -0.39 is 0 Å². The van der Waals surface area contributed by atoms with Gasteiger partial charge < -0.3 is 0 Å². The summed E-state index contributed by atoms with van der Waals surface area (Å²) in [6.45, 7) is 4.54. The van der Waals surface area contributed by atoms with Gasteiger partial charge >= 0.3 is 0 Å². The molecule has 1 aromatic rings. The molecule has 1 atom stereocenters. The minimum atomic E-state index is 0.572. The number of hydrogen-bond acceptors (Lipinski definition) is 2. The summed E-state index contributed by atoms with van der Waals surface area (Å²) >= 11 is 0. The van der Waals surface area contributed by atoms with Crippen molar-refractivity contribution in [1.82, 2.24) is 4.90 Å². The van der Waals surface area contributed by atoms with Gasteiger partial charge in [0.1, 0.15) is 0 Å². The van der Waals surface area contributed by atoms with Gasteiger partial charge in [0.2, 0.25) is 0 Å². The Balaban J connectivity index is 2.19. The molecule has 0 saturated carbocycles. The summed E-state index contributed by atoms with van der Waals surface area (Å²) in [7, 11) is 0. The van der Waals surface area contributed by atoms with E-state index in [-0.39, 0.29) is 0 Å². The van der Waals surface area contributed by atoms with Gasteiger partial charge in [0.05, 0.1) is 11.6 Å². The van der Waals surface area contributed by atoms with Crippen molar-refractivity contribution in [2.24, 2.45) is 0 Å². The largest absolute Gasteiger partial charge is 0.297 e. The third-order valence-corrected chi connectivity index (χ3v) is 3.19. The lowest BCUT2D eigenvalue weighted by Gasteiger charge is -2.22. The second-order valence-corrected chi connectivity index (χ2v) is 4.02. The smallest absolute Gasteiger partial charge is 0.0991 e. The van der Waals surface area contributed by atoms with Gasteiger partial charge in [-0.3, -0.25) is 4.90 Å². The molecular weight excluding hydrogens is 184 g/mol. The maximum atomic E-state index is 8.73. The van der Waals surface area contributed by atoms with Crippen molar-refractivity contribution in [2.45, 2.75) is 25.8 Å². The zero-order chi connectivity index (χ0) is 10.7. The first-order valence-corrected chi connectivity index (χ1v) is 5.59. The summed E-state index contributed by atoms with van der Waals surface area (Å²) in [6, 6.07) is 10.8. The van der Waals surface area contributed by atoms with E-state index in [4.69, 9.17) is 5.26 Å². The zero-order valence-corrected chi connectivity index (χ0v) is 9.11. The maximum Gasteiger partial charge on any atom is 0.0991 e. The van der Waals surface area contributed by atoms with Crippen LogP contribution in [0.5, 0.6) is 0 Å². The van der Waals surface area contributed by atoms with Crippen LogP contribution in [0.3, 0.4) is 0 Å². The molecule has 2 rings (SSSR count). The number of hydrogen-bond donors (Lipinski definition) is 0. The molecule has 1 heterocycles. The first-order valence-electron chi connectivity index (χ1n) is 5.59. The number of likely N-dealkylation sites (tertiary alicyclic amines) is 1. The molecule has 0 radical (unpaired) electrons. The van der Waals surface area contributed by atoms with Crippen LogP contribution in [0.4, 0.5) is 0 Å². The Morgan fingerprint density at radius 2 is 2.13 bits per heavy atom. The fraction of sp³-hybridized carbons (Fsp3) is 0.462. The van der Waals surface area contributed by atoms with E-state index in [2.05, 4.69) is 30.0 Å². The molecule has 1 aliphatic heterocycles. The minimum absolute atomic E-state index is 0.572. The van der Waals surface area contributed by atoms with Crippen LogP contribution < -0.4 is 0 Å². The van der Waals surface area contributed by atoms with Crippen LogP contribution >= 0.6 is 0 Å². The molecule has 15 heavy (non-hydrogen) atoms. The second-order valence-electron chi connectivity index (χ2n) is 4.02. The lowest BCUT2D eigenvalue weighted by molar-refractivity contribution is 0.271. The number of benzene rings is 1. The quantitative estimate of drug-likeness (QED) is 0.734. The summed E-state index contributed by atoms with van der Waals surface area (Å²) in [4.78, 5) is 2.50. The van der Waals surface area contributed by atoms with E-state index in [1.54, 1.807) is 0 Å². The summed E-state index contributed by atoms with van der Waals surface area (Å²) in [5, 5.41) is 8.73. The Hall–Kier alpha value is -1.33. The average Bonchev–Trinajstić information content (AvgIpc) is 2.77. The van der Waals surface area contributed by atoms with Crippen LogP contribution in [0.25, 0.3) is 0 Å². The fourth-order valence-electron chi connectivity index (χ4n) is 2.36. The van der Waals surface area contributed by atoms with Crippen LogP contribution in [0.15, 0.2) is 24.3 Å². The molecule has 0 aromatic heterocycles. The van der Waals surface area contributed by atoms with Crippen molar-refractivity contribution < 1.29 is 0 Å². The lowest BCUT2D eigenvalue weighted by atomic mass is 10.0. The van der Waals surface area contributed by atoms with Gasteiger partial charge in [-0.05, 0) is 43.6 Å². The summed E-state index contributed by atoms with van der Waals surface area (Å²) in [5.41, 5.74) is 2.10. The molecular formula is C13H16N2. The van der Waals surface area contributed by atoms with Crippen molar-refractivity contribution in [3.05, 3.63) is 35.4 Å². The van der Waals surface area contributed by atoms with Gasteiger partial charge in [-0.1, -0.05) is 19.1 Å². The van der Waals surface area contributed by atoms with E-state index in [1.807, 2.05) is 12.1 Å². The molecule has 1 aliphatic rings. The van der Waals surface area contributed by atoms with Crippen molar-refractivity contribution in [2.75, 3.05) is 13.1 Å². The molecule has 78 valence electrons. The van der Waals surface area contributed by atoms with Crippen LogP contribution in [0.1, 0.15) is 36.9 Å². The van der Waals surface area contributed by atoms with Crippen LogP contribution in [0, 0.1) is 11.3 Å². The van der Waals surface area contributed by atoms with Crippen molar-refractivity contribution >= 4 is 0 Å². The molecule has 2 nitrogen and oxygen atoms in total. The average molecular weight is 200 g/mol. The Bertz CT molecular complexity index is 361. The van der Waals surface area contributed by atoms with Gasteiger partial charge in [-0.15, -0.1) is 0 Å². The van der Waals surface area contributed by atoms with Crippen LogP contribution in [0.2, 0.25) is 0 Å². The van der Waals surface area contributed by atoms with Crippen molar-refractivity contribution in [1.29, 1.82) is 5.26 Å². The second kappa shape index (κ2) is 4.46. The highest BCUT2D eigenvalue weighted by molar-refractivity contribution is 5.33. The molecule has 1 aromatic carbocycles. The molecule has 0 amide bonds. The van der Waals surface area contributed by atoms with Crippen LogP contribution in [-0.4, -0.2) is 18.0 Å². The van der Waals surface area contributed by atoms with Gasteiger partial charge in [-0.2, -0.15) is 5.26 Å². The Morgan fingerprint density at radius 1 is 1.40 bits per heavy atom. The standard InChI is InChI=1S/C13H16N2/c1-2-15-9-3-4-13(15)12-7-5-11(10-14)6-8-12/h5-8,13H,2-4,9H2,1H3. The monoisotopic (exact) mass is 200 g/mol. The summed E-state index contributed by atoms with van der Waals surface area (Å²) in [6.07, 6.45) is 2.54. The third-order valence-electron chi connectivity index (χ3n) is 3.19.